The molecule has 2 aromatic rings. The van der Waals surface area contributed by atoms with E-state index in [9.17, 15) is 4.79 Å². The summed E-state index contributed by atoms with van der Waals surface area (Å²) < 4.78 is 0. The van der Waals surface area contributed by atoms with Crippen molar-refractivity contribution >= 4 is 29.1 Å². The maximum Gasteiger partial charge on any atom is 0.271 e. The maximum absolute atomic E-state index is 11.8. The van der Waals surface area contributed by atoms with E-state index in [1.807, 2.05) is 0 Å². The molecule has 5 nitrogen and oxygen atoms in total. The van der Waals surface area contributed by atoms with Crippen LogP contribution in [0.1, 0.15) is 16.3 Å². The van der Waals surface area contributed by atoms with Crippen LogP contribution in [0.5, 0.6) is 0 Å². The van der Waals surface area contributed by atoms with Gasteiger partial charge in [0.25, 0.3) is 5.91 Å². The van der Waals surface area contributed by atoms with E-state index >= 15 is 0 Å². The minimum Gasteiger partial charge on any atom is -0.350 e. The second-order valence-electron chi connectivity index (χ2n) is 3.51. The summed E-state index contributed by atoms with van der Waals surface area (Å²) in [5.41, 5.74) is 0.128. The van der Waals surface area contributed by atoms with Crippen LogP contribution >= 0.6 is 23.2 Å². The maximum atomic E-state index is 11.8. The number of carbonyl (C=O) groups excluding carboxylic acids is 1. The largest absolute Gasteiger partial charge is 0.350 e. The quantitative estimate of drug-likeness (QED) is 0.845. The van der Waals surface area contributed by atoms with Crippen molar-refractivity contribution in [2.45, 2.75) is 6.42 Å². The minimum atomic E-state index is -0.353. The zero-order valence-electron chi connectivity index (χ0n) is 9.28. The van der Waals surface area contributed by atoms with Crippen molar-refractivity contribution in [3.63, 3.8) is 0 Å². The topological polar surface area (TPSA) is 70.7 Å². The van der Waals surface area contributed by atoms with Crippen molar-refractivity contribution in [3.05, 3.63) is 46.2 Å². The van der Waals surface area contributed by atoms with E-state index in [1.165, 1.54) is 6.07 Å². The van der Waals surface area contributed by atoms with Gasteiger partial charge < -0.3 is 10.3 Å². The second kappa shape index (κ2) is 5.84. The molecular weight excluding hydrogens is 275 g/mol. The molecule has 18 heavy (non-hydrogen) atoms. The van der Waals surface area contributed by atoms with Crippen molar-refractivity contribution in [2.75, 3.05) is 6.54 Å². The molecule has 0 aliphatic heterocycles. The van der Waals surface area contributed by atoms with Crippen LogP contribution in [0.2, 0.25) is 10.2 Å². The molecule has 0 radical (unpaired) electrons. The summed E-state index contributed by atoms with van der Waals surface area (Å²) in [6.07, 6.45) is 4.00. The summed E-state index contributed by atoms with van der Waals surface area (Å²) >= 11 is 11.6. The Balaban J connectivity index is 1.93. The van der Waals surface area contributed by atoms with Gasteiger partial charge in [0.1, 0.15) is 16.7 Å². The lowest BCUT2D eigenvalue weighted by Gasteiger charge is -2.05. The molecule has 7 heteroatoms. The number of H-pyrrole nitrogens is 1. The monoisotopic (exact) mass is 284 g/mol. The molecule has 0 atom stereocenters. The summed E-state index contributed by atoms with van der Waals surface area (Å²) in [7, 11) is 0. The van der Waals surface area contributed by atoms with Crippen LogP contribution in [0.15, 0.2) is 24.5 Å². The third-order valence-electron chi connectivity index (χ3n) is 2.23. The fourth-order valence-electron chi connectivity index (χ4n) is 1.39. The van der Waals surface area contributed by atoms with Crippen LogP contribution in [0.25, 0.3) is 0 Å². The highest BCUT2D eigenvalue weighted by Gasteiger charge is 2.12. The number of hydrogen-bond acceptors (Lipinski definition) is 3. The van der Waals surface area contributed by atoms with Crippen LogP contribution < -0.4 is 5.32 Å². The molecule has 2 N–H and O–H groups in total. The Labute approximate surface area is 114 Å². The third kappa shape index (κ3) is 3.21. The third-order valence-corrected chi connectivity index (χ3v) is 2.74. The van der Waals surface area contributed by atoms with Crippen LogP contribution in [-0.4, -0.2) is 27.4 Å². The second-order valence-corrected chi connectivity index (χ2v) is 4.30. The number of aromatic amines is 1. The van der Waals surface area contributed by atoms with E-state index in [0.717, 1.165) is 5.82 Å². The first-order valence-corrected chi connectivity index (χ1v) is 6.01. The summed E-state index contributed by atoms with van der Waals surface area (Å²) in [5, 5.41) is 3.21. The lowest BCUT2D eigenvalue weighted by Crippen LogP contribution is -2.27. The summed E-state index contributed by atoms with van der Waals surface area (Å²) in [6.45, 7) is 0.441. The molecule has 0 spiro atoms. The van der Waals surface area contributed by atoms with Gasteiger partial charge in [0, 0.05) is 25.4 Å². The van der Waals surface area contributed by atoms with Gasteiger partial charge in [-0.3, -0.25) is 4.79 Å². The first kappa shape index (κ1) is 12.9. The van der Waals surface area contributed by atoms with Crippen LogP contribution in [-0.2, 0) is 6.42 Å². The number of rotatable bonds is 4. The Kier molecular flexibility index (Phi) is 4.17. The molecule has 0 bridgehead atoms. The van der Waals surface area contributed by atoms with Gasteiger partial charge in [-0.05, 0) is 12.1 Å². The predicted molar refractivity (Wildman–Crippen MR) is 68.9 cm³/mol. The van der Waals surface area contributed by atoms with Gasteiger partial charge in [-0.25, -0.2) is 9.97 Å². The number of hydrogen-bond donors (Lipinski definition) is 2. The molecule has 0 saturated carbocycles. The van der Waals surface area contributed by atoms with Gasteiger partial charge in [-0.2, -0.15) is 0 Å². The first-order chi connectivity index (χ1) is 8.66. The Morgan fingerprint density at radius 3 is 2.94 bits per heavy atom. The lowest BCUT2D eigenvalue weighted by molar-refractivity contribution is 0.0949. The normalized spacial score (nSPS) is 10.3. The van der Waals surface area contributed by atoms with Gasteiger partial charge in [-0.15, -0.1) is 0 Å². The number of carbonyl (C=O) groups is 1. The van der Waals surface area contributed by atoms with E-state index in [0.29, 0.717) is 13.0 Å². The molecule has 2 aromatic heterocycles. The number of aromatic nitrogens is 3. The fraction of sp³-hybridized carbons (Fsp3) is 0.182. The Hall–Kier alpha value is -1.59. The van der Waals surface area contributed by atoms with E-state index in [2.05, 4.69) is 20.3 Å². The highest BCUT2D eigenvalue weighted by Crippen LogP contribution is 2.16. The molecule has 0 saturated heterocycles. The number of nitrogens with one attached hydrogen (secondary N) is 2. The molecule has 0 aromatic carbocycles. The molecule has 0 aliphatic rings. The first-order valence-electron chi connectivity index (χ1n) is 5.25. The van der Waals surface area contributed by atoms with Crippen molar-refractivity contribution < 1.29 is 4.79 Å². The minimum absolute atomic E-state index is 0.128. The molecule has 0 unspecified atom stereocenters. The highest BCUT2D eigenvalue weighted by molar-refractivity contribution is 6.34. The zero-order chi connectivity index (χ0) is 13.0. The standard InChI is InChI=1S/C11H10Cl2N4O/c12-7-1-2-8(13)17-10(7)11(18)16-4-3-9-14-5-6-15-9/h1-2,5-6H,3-4H2,(H,14,15)(H,16,18). The van der Waals surface area contributed by atoms with Crippen LogP contribution in [0.4, 0.5) is 0 Å². The van der Waals surface area contributed by atoms with Crippen molar-refractivity contribution in [1.82, 2.24) is 20.3 Å². The van der Waals surface area contributed by atoms with E-state index < -0.39 is 0 Å². The molecule has 0 aliphatic carbocycles. The Morgan fingerprint density at radius 2 is 2.22 bits per heavy atom. The predicted octanol–water partition coefficient (Wildman–Crippen LogP) is 2.08. The molecule has 2 heterocycles. The van der Waals surface area contributed by atoms with Gasteiger partial charge in [-0.1, -0.05) is 23.2 Å². The summed E-state index contributed by atoms with van der Waals surface area (Å²) in [6, 6.07) is 3.07. The van der Waals surface area contributed by atoms with Gasteiger partial charge in [0.05, 0.1) is 5.02 Å². The smallest absolute Gasteiger partial charge is 0.271 e. The average molecular weight is 285 g/mol. The molecule has 94 valence electrons. The van der Waals surface area contributed by atoms with Crippen molar-refractivity contribution in [1.29, 1.82) is 0 Å². The number of halogens is 2. The van der Waals surface area contributed by atoms with Gasteiger partial charge in [0.15, 0.2) is 0 Å². The number of amides is 1. The number of nitrogens with zero attached hydrogens (tertiary/aromatic N) is 2. The van der Waals surface area contributed by atoms with Crippen LogP contribution in [0.3, 0.4) is 0 Å². The molecule has 2 rings (SSSR count). The molecular formula is C11H10Cl2N4O. The Bertz CT molecular complexity index is 542. The van der Waals surface area contributed by atoms with Gasteiger partial charge >= 0.3 is 0 Å². The highest BCUT2D eigenvalue weighted by atomic mass is 35.5. The fourth-order valence-corrected chi connectivity index (χ4v) is 1.73. The van der Waals surface area contributed by atoms with Gasteiger partial charge in [0.2, 0.25) is 0 Å². The number of pyridine rings is 1. The molecule has 0 fully saturated rings. The zero-order valence-corrected chi connectivity index (χ0v) is 10.8. The molecule has 1 amide bonds. The van der Waals surface area contributed by atoms with Crippen molar-refractivity contribution in [3.8, 4) is 0 Å². The van der Waals surface area contributed by atoms with E-state index in [4.69, 9.17) is 23.2 Å². The van der Waals surface area contributed by atoms with E-state index in [-0.39, 0.29) is 21.8 Å². The lowest BCUT2D eigenvalue weighted by atomic mass is 10.3. The summed E-state index contributed by atoms with van der Waals surface area (Å²) in [5.74, 6) is 0.453. The summed E-state index contributed by atoms with van der Waals surface area (Å²) in [4.78, 5) is 22.7. The van der Waals surface area contributed by atoms with E-state index in [1.54, 1.807) is 18.5 Å². The van der Waals surface area contributed by atoms with Crippen LogP contribution in [0, 0.1) is 0 Å². The SMILES string of the molecule is O=C(NCCc1ncc[nH]1)c1nc(Cl)ccc1Cl. The van der Waals surface area contributed by atoms with Crippen molar-refractivity contribution in [2.24, 2.45) is 0 Å². The Morgan fingerprint density at radius 1 is 1.39 bits per heavy atom. The average Bonchev–Trinajstić information content (AvgIpc) is 2.85. The number of imidazole rings is 1.